The maximum absolute atomic E-state index is 12.7. The molecule has 1 aliphatic heterocycles. The van der Waals surface area contributed by atoms with Gasteiger partial charge in [-0.05, 0) is 30.5 Å². The van der Waals surface area contributed by atoms with Crippen LogP contribution in [0, 0.1) is 0 Å². The monoisotopic (exact) mass is 591 g/mol. The number of hydrogen-bond acceptors (Lipinski definition) is 6. The predicted molar refractivity (Wildman–Crippen MR) is 134 cm³/mol. The summed E-state index contributed by atoms with van der Waals surface area (Å²) in [7, 11) is 1.84. The molecule has 1 aliphatic rings. The minimum atomic E-state index is -5.08. The lowest BCUT2D eigenvalue weighted by atomic mass is 10.2. The molecule has 0 spiro atoms. The van der Waals surface area contributed by atoms with Crippen molar-refractivity contribution in [3.05, 3.63) is 53.7 Å². The maximum atomic E-state index is 12.7. The molecule has 3 heterocycles. The van der Waals surface area contributed by atoms with Crippen LogP contribution in [0.15, 0.2) is 42.5 Å². The number of amides is 1. The Morgan fingerprint density at radius 3 is 1.85 bits per heavy atom. The van der Waals surface area contributed by atoms with E-state index in [9.17, 15) is 31.1 Å². The number of carbonyl (C=O) groups excluding carboxylic acids is 1. The number of alkyl halides is 6. The molecule has 3 N–H and O–H groups in total. The molecule has 0 radical (unpaired) electrons. The smallest absolute Gasteiger partial charge is 0.475 e. The Morgan fingerprint density at radius 1 is 0.854 bits per heavy atom. The van der Waals surface area contributed by atoms with Gasteiger partial charge in [0.2, 0.25) is 0 Å². The zero-order valence-corrected chi connectivity index (χ0v) is 21.7. The summed E-state index contributed by atoms with van der Waals surface area (Å²) >= 11 is 0. The molecule has 16 heteroatoms. The van der Waals surface area contributed by atoms with Crippen molar-refractivity contribution in [2.45, 2.75) is 44.6 Å². The molecule has 1 saturated heterocycles. The molecule has 1 amide bonds. The SMILES string of the molecule is Cn1nc(C(=O)NCc2ccccc2)c2ccc(N3CCCCCC3)nc21.O=C(O)C(F)(F)F.O=C(O)C(F)(F)F. The van der Waals surface area contributed by atoms with E-state index in [0.717, 1.165) is 35.5 Å². The van der Waals surface area contributed by atoms with Crippen LogP contribution in [0.3, 0.4) is 0 Å². The van der Waals surface area contributed by atoms with Crippen LogP contribution in [0.2, 0.25) is 0 Å². The van der Waals surface area contributed by atoms with Gasteiger partial charge in [-0.2, -0.15) is 31.4 Å². The summed E-state index contributed by atoms with van der Waals surface area (Å²) in [6, 6.07) is 13.9. The van der Waals surface area contributed by atoms with E-state index in [1.54, 1.807) is 4.68 Å². The van der Waals surface area contributed by atoms with Crippen LogP contribution >= 0.6 is 0 Å². The number of pyridine rings is 1. The number of aryl methyl sites for hydroxylation is 1. The lowest BCUT2D eigenvalue weighted by molar-refractivity contribution is -0.193. The molecule has 224 valence electrons. The summed E-state index contributed by atoms with van der Waals surface area (Å²) < 4.78 is 65.2. The Labute approximate surface area is 229 Å². The van der Waals surface area contributed by atoms with E-state index in [2.05, 4.69) is 15.3 Å². The van der Waals surface area contributed by atoms with Crippen molar-refractivity contribution in [3.8, 4) is 0 Å². The highest BCUT2D eigenvalue weighted by Gasteiger charge is 2.38. The minimum absolute atomic E-state index is 0.172. The van der Waals surface area contributed by atoms with Crippen molar-refractivity contribution < 1.29 is 50.9 Å². The number of fused-ring (bicyclic) bond motifs is 1. The lowest BCUT2D eigenvalue weighted by Crippen LogP contribution is -2.25. The molecule has 0 unspecified atom stereocenters. The van der Waals surface area contributed by atoms with E-state index in [1.165, 1.54) is 25.7 Å². The van der Waals surface area contributed by atoms with E-state index >= 15 is 0 Å². The van der Waals surface area contributed by atoms with Crippen molar-refractivity contribution in [2.75, 3.05) is 18.0 Å². The molecule has 0 bridgehead atoms. The van der Waals surface area contributed by atoms with Crippen LogP contribution in [0.1, 0.15) is 41.7 Å². The van der Waals surface area contributed by atoms with Gasteiger partial charge in [0.05, 0.1) is 5.39 Å². The highest BCUT2D eigenvalue weighted by Crippen LogP contribution is 2.23. The number of hydrogen-bond donors (Lipinski definition) is 3. The van der Waals surface area contributed by atoms with Gasteiger partial charge in [-0.1, -0.05) is 43.2 Å². The quantitative estimate of drug-likeness (QED) is 0.376. The number of nitrogens with one attached hydrogen (secondary N) is 1. The van der Waals surface area contributed by atoms with Gasteiger partial charge in [0.1, 0.15) is 5.82 Å². The summed E-state index contributed by atoms with van der Waals surface area (Å²) in [5.74, 6) is -4.71. The fraction of sp³-hybridized carbons (Fsp3) is 0.400. The molecule has 0 aliphatic carbocycles. The first-order valence-electron chi connectivity index (χ1n) is 12.1. The minimum Gasteiger partial charge on any atom is -0.475 e. The second-order valence-corrected chi connectivity index (χ2v) is 8.69. The fourth-order valence-corrected chi connectivity index (χ4v) is 3.63. The zero-order chi connectivity index (χ0) is 30.8. The zero-order valence-electron chi connectivity index (χ0n) is 21.7. The molecular weight excluding hydrogens is 564 g/mol. The Kier molecular flexibility index (Phi) is 11.5. The number of aliphatic carboxylic acids is 2. The largest absolute Gasteiger partial charge is 0.490 e. The molecule has 4 rings (SSSR count). The lowest BCUT2D eigenvalue weighted by Gasteiger charge is -2.21. The molecule has 1 fully saturated rings. The first kappa shape index (κ1) is 32.8. The number of nitrogens with zero attached hydrogens (tertiary/aromatic N) is 4. The third-order valence-corrected chi connectivity index (χ3v) is 5.60. The second-order valence-electron chi connectivity index (χ2n) is 8.69. The summed E-state index contributed by atoms with van der Waals surface area (Å²) in [4.78, 5) is 37.6. The summed E-state index contributed by atoms with van der Waals surface area (Å²) in [5.41, 5.74) is 2.24. The molecule has 0 atom stereocenters. The predicted octanol–water partition coefficient (Wildman–Crippen LogP) is 4.55. The van der Waals surface area contributed by atoms with Crippen molar-refractivity contribution in [3.63, 3.8) is 0 Å². The topological polar surface area (TPSA) is 138 Å². The number of benzene rings is 1. The highest BCUT2D eigenvalue weighted by molar-refractivity contribution is 6.04. The Balaban J connectivity index is 0.000000349. The van der Waals surface area contributed by atoms with Crippen LogP contribution in [0.25, 0.3) is 11.0 Å². The van der Waals surface area contributed by atoms with Crippen molar-refractivity contribution in [2.24, 2.45) is 7.05 Å². The molecule has 41 heavy (non-hydrogen) atoms. The normalized spacial score (nSPS) is 13.7. The van der Waals surface area contributed by atoms with Gasteiger partial charge in [0.15, 0.2) is 11.3 Å². The van der Waals surface area contributed by atoms with E-state index in [0.29, 0.717) is 12.2 Å². The van der Waals surface area contributed by atoms with E-state index < -0.39 is 24.3 Å². The van der Waals surface area contributed by atoms with E-state index in [1.807, 2.05) is 49.5 Å². The van der Waals surface area contributed by atoms with Crippen molar-refractivity contribution in [1.29, 1.82) is 0 Å². The molecular formula is C25H27F6N5O5. The molecule has 1 aromatic carbocycles. The van der Waals surface area contributed by atoms with Crippen LogP contribution in [0.5, 0.6) is 0 Å². The average Bonchev–Trinajstić information content (AvgIpc) is 3.06. The van der Waals surface area contributed by atoms with Gasteiger partial charge in [-0.3, -0.25) is 4.79 Å². The van der Waals surface area contributed by atoms with Gasteiger partial charge >= 0.3 is 24.3 Å². The van der Waals surface area contributed by atoms with Gasteiger partial charge in [0.25, 0.3) is 5.91 Å². The number of carboxylic acids is 2. The first-order valence-corrected chi connectivity index (χ1v) is 12.1. The molecule has 3 aromatic rings. The number of carboxylic acid groups (broad SMARTS) is 2. The number of carbonyl (C=O) groups is 3. The Hall–Kier alpha value is -4.37. The summed E-state index contributed by atoms with van der Waals surface area (Å²) in [5, 5.41) is 22.4. The van der Waals surface area contributed by atoms with Crippen molar-refractivity contribution >= 4 is 34.7 Å². The number of halogens is 6. The van der Waals surface area contributed by atoms with E-state index in [-0.39, 0.29) is 5.91 Å². The fourth-order valence-electron chi connectivity index (χ4n) is 3.63. The van der Waals surface area contributed by atoms with Crippen molar-refractivity contribution in [1.82, 2.24) is 20.1 Å². The van der Waals surface area contributed by atoms with Gasteiger partial charge < -0.3 is 20.4 Å². The maximum Gasteiger partial charge on any atom is 0.490 e. The Morgan fingerprint density at radius 2 is 1.37 bits per heavy atom. The summed E-state index contributed by atoms with van der Waals surface area (Å²) in [6.07, 6.45) is -5.18. The third-order valence-electron chi connectivity index (χ3n) is 5.60. The molecule has 2 aromatic heterocycles. The van der Waals surface area contributed by atoms with Gasteiger partial charge in [0, 0.05) is 26.7 Å². The third kappa shape index (κ3) is 10.3. The van der Waals surface area contributed by atoms with E-state index in [4.69, 9.17) is 24.8 Å². The second kappa shape index (κ2) is 14.3. The Bertz CT molecular complexity index is 1300. The average molecular weight is 592 g/mol. The summed E-state index contributed by atoms with van der Waals surface area (Å²) in [6.45, 7) is 2.57. The first-order chi connectivity index (χ1) is 19.1. The highest BCUT2D eigenvalue weighted by atomic mass is 19.4. The van der Waals surface area contributed by atoms with Crippen LogP contribution in [-0.4, -0.2) is 68.3 Å². The standard InChI is InChI=1S/C21H25N5O.2C2HF3O2/c1-25-20-17(11-12-18(23-20)26-13-7-2-3-8-14-26)19(24-25)21(27)22-15-16-9-5-4-6-10-16;2*3-2(4,5)1(6)7/h4-6,9-12H,2-3,7-8,13-15H2,1H3,(H,22,27);2*(H,6,7). The van der Waals surface area contributed by atoms with Crippen LogP contribution in [0.4, 0.5) is 32.2 Å². The molecule has 0 saturated carbocycles. The van der Waals surface area contributed by atoms with Crippen LogP contribution < -0.4 is 10.2 Å². The van der Waals surface area contributed by atoms with Gasteiger partial charge in [-0.15, -0.1) is 0 Å². The molecule has 10 nitrogen and oxygen atoms in total. The van der Waals surface area contributed by atoms with Crippen LogP contribution in [-0.2, 0) is 23.2 Å². The number of anilines is 1. The number of aromatic nitrogens is 3. The number of rotatable bonds is 4. The van der Waals surface area contributed by atoms with Gasteiger partial charge in [-0.25, -0.2) is 19.3 Å².